The van der Waals surface area contributed by atoms with E-state index in [0.717, 1.165) is 25.7 Å². The van der Waals surface area contributed by atoms with Crippen LogP contribution in [0.15, 0.2) is 29.2 Å². The summed E-state index contributed by atoms with van der Waals surface area (Å²) in [6, 6.07) is 4.71. The van der Waals surface area contributed by atoms with Crippen LogP contribution in [0.25, 0.3) is 6.08 Å². The topological polar surface area (TPSA) is 102 Å². The number of hydrogen-bond acceptors (Lipinski definition) is 6. The van der Waals surface area contributed by atoms with Gasteiger partial charge in [0.2, 0.25) is 10.0 Å². The summed E-state index contributed by atoms with van der Waals surface area (Å²) >= 11 is 0. The van der Waals surface area contributed by atoms with Crippen LogP contribution < -0.4 is 9.46 Å². The van der Waals surface area contributed by atoms with E-state index in [2.05, 4.69) is 4.72 Å². The molecular formula is C20H28N2O6S. The molecule has 2 rings (SSSR count). The lowest BCUT2D eigenvalue weighted by Crippen LogP contribution is -2.45. The predicted octanol–water partition coefficient (Wildman–Crippen LogP) is 1.95. The molecule has 0 radical (unpaired) electrons. The first-order valence-corrected chi connectivity index (χ1v) is 11.1. The summed E-state index contributed by atoms with van der Waals surface area (Å²) in [6.45, 7) is 2.43. The van der Waals surface area contributed by atoms with Gasteiger partial charge < -0.3 is 14.4 Å². The van der Waals surface area contributed by atoms with E-state index in [1.807, 2.05) is 6.92 Å². The van der Waals surface area contributed by atoms with E-state index in [4.69, 9.17) is 9.47 Å². The number of carbonyl (C=O) groups excluding carboxylic acids is 2. The molecule has 29 heavy (non-hydrogen) atoms. The molecule has 8 nitrogen and oxygen atoms in total. The van der Waals surface area contributed by atoms with Crippen molar-refractivity contribution in [3.05, 3.63) is 29.8 Å². The minimum Gasteiger partial charge on any atom is -0.495 e. The van der Waals surface area contributed by atoms with E-state index >= 15 is 0 Å². The smallest absolute Gasteiger partial charge is 0.331 e. The molecule has 1 atom stereocenters. The number of rotatable bonds is 8. The number of nitrogens with one attached hydrogen (secondary N) is 1. The fourth-order valence-electron chi connectivity index (χ4n) is 3.30. The number of benzene rings is 1. The van der Waals surface area contributed by atoms with Crippen LogP contribution in [-0.4, -0.2) is 58.5 Å². The van der Waals surface area contributed by atoms with E-state index in [1.165, 1.54) is 38.4 Å². The number of esters is 1. The molecule has 0 aromatic heterocycles. The molecule has 1 amide bonds. The van der Waals surface area contributed by atoms with Gasteiger partial charge >= 0.3 is 5.97 Å². The first kappa shape index (κ1) is 22.9. The van der Waals surface area contributed by atoms with Gasteiger partial charge in [0, 0.05) is 18.7 Å². The second-order valence-electron chi connectivity index (χ2n) is 6.70. The lowest BCUT2D eigenvalue weighted by Gasteiger charge is -2.35. The van der Waals surface area contributed by atoms with Gasteiger partial charge in [-0.1, -0.05) is 13.0 Å². The third-order valence-corrected chi connectivity index (χ3v) is 6.35. The van der Waals surface area contributed by atoms with Crippen molar-refractivity contribution >= 4 is 28.0 Å². The molecule has 1 N–H and O–H groups in total. The van der Waals surface area contributed by atoms with Crippen LogP contribution in [0.2, 0.25) is 0 Å². The standard InChI is InChI=1S/C20H28N2O6S/c1-4-16-7-5-6-12-22(16)19(23)14-28-20(24)11-9-15-8-10-17(27-3)18(13-15)29(25,26)21-2/h8-11,13,16,21H,4-7,12,14H2,1-3H3/b11-9+/t16-/m1/s1. The maximum Gasteiger partial charge on any atom is 0.331 e. The fourth-order valence-corrected chi connectivity index (χ4v) is 4.23. The molecule has 0 saturated carbocycles. The zero-order valence-corrected chi connectivity index (χ0v) is 17.8. The first-order valence-electron chi connectivity index (χ1n) is 9.58. The van der Waals surface area contributed by atoms with Gasteiger partial charge in [0.1, 0.15) is 10.6 Å². The molecule has 1 aromatic rings. The number of hydrogen-bond donors (Lipinski definition) is 1. The Morgan fingerprint density at radius 3 is 2.72 bits per heavy atom. The van der Waals surface area contributed by atoms with E-state index in [0.29, 0.717) is 12.1 Å². The zero-order valence-electron chi connectivity index (χ0n) is 17.0. The van der Waals surface area contributed by atoms with Gasteiger partial charge in [-0.25, -0.2) is 17.9 Å². The van der Waals surface area contributed by atoms with Crippen molar-refractivity contribution in [2.75, 3.05) is 27.3 Å². The molecule has 0 aliphatic carbocycles. The minimum atomic E-state index is -3.72. The Morgan fingerprint density at radius 2 is 2.07 bits per heavy atom. The highest BCUT2D eigenvalue weighted by atomic mass is 32.2. The third kappa shape index (κ3) is 6.04. The van der Waals surface area contributed by atoms with Crippen LogP contribution in [0, 0.1) is 0 Å². The normalized spacial score (nSPS) is 17.3. The lowest BCUT2D eigenvalue weighted by atomic mass is 10.00. The molecule has 0 spiro atoms. The number of nitrogens with zero attached hydrogens (tertiary/aromatic N) is 1. The number of amides is 1. The molecule has 1 aliphatic heterocycles. The third-order valence-electron chi connectivity index (χ3n) is 4.91. The van der Waals surface area contributed by atoms with Gasteiger partial charge in [-0.3, -0.25) is 4.79 Å². The Bertz CT molecular complexity index is 866. The van der Waals surface area contributed by atoms with Gasteiger partial charge in [0.15, 0.2) is 6.61 Å². The summed E-state index contributed by atoms with van der Waals surface area (Å²) in [6.07, 6.45) is 6.53. The predicted molar refractivity (Wildman–Crippen MR) is 109 cm³/mol. The zero-order chi connectivity index (χ0) is 21.4. The van der Waals surface area contributed by atoms with Crippen LogP contribution in [0.4, 0.5) is 0 Å². The SMILES string of the molecule is CC[C@@H]1CCCCN1C(=O)COC(=O)/C=C/c1ccc(OC)c(S(=O)(=O)NC)c1. The summed E-state index contributed by atoms with van der Waals surface area (Å²) in [5.74, 6) is -0.668. The van der Waals surface area contributed by atoms with Crippen molar-refractivity contribution in [2.24, 2.45) is 0 Å². The molecule has 0 bridgehead atoms. The van der Waals surface area contributed by atoms with Crippen molar-refractivity contribution in [1.29, 1.82) is 0 Å². The largest absolute Gasteiger partial charge is 0.495 e. The summed E-state index contributed by atoms with van der Waals surface area (Å²) in [4.78, 5) is 26.1. The average Bonchev–Trinajstić information content (AvgIpc) is 2.75. The monoisotopic (exact) mass is 424 g/mol. The van der Waals surface area contributed by atoms with Crippen LogP contribution in [0.5, 0.6) is 5.75 Å². The van der Waals surface area contributed by atoms with Crippen LogP contribution in [0.1, 0.15) is 38.2 Å². The number of carbonyl (C=O) groups is 2. The Labute approximate surface area is 171 Å². The van der Waals surface area contributed by atoms with Crippen LogP contribution in [0.3, 0.4) is 0 Å². The number of likely N-dealkylation sites (tertiary alicyclic amines) is 1. The summed E-state index contributed by atoms with van der Waals surface area (Å²) < 4.78 is 36.6. The molecule has 1 aliphatic rings. The Balaban J connectivity index is 2.00. The van der Waals surface area contributed by atoms with Crippen LogP contribution >= 0.6 is 0 Å². The van der Waals surface area contributed by atoms with Gasteiger partial charge in [-0.2, -0.15) is 0 Å². The van der Waals surface area contributed by atoms with E-state index in [1.54, 1.807) is 11.0 Å². The van der Waals surface area contributed by atoms with Gasteiger partial charge in [-0.05, 0) is 56.5 Å². The van der Waals surface area contributed by atoms with Gasteiger partial charge in [0.05, 0.1) is 7.11 Å². The molecule has 1 heterocycles. The molecule has 9 heteroatoms. The highest BCUT2D eigenvalue weighted by molar-refractivity contribution is 7.89. The lowest BCUT2D eigenvalue weighted by molar-refractivity contribution is -0.150. The van der Waals surface area contributed by atoms with E-state index < -0.39 is 16.0 Å². The quantitative estimate of drug-likeness (QED) is 0.506. The van der Waals surface area contributed by atoms with Gasteiger partial charge in [0.25, 0.3) is 5.91 Å². The first-order chi connectivity index (χ1) is 13.8. The molecule has 0 unspecified atom stereocenters. The second-order valence-corrected chi connectivity index (χ2v) is 8.56. The maximum absolute atomic E-state index is 12.3. The Kier molecular flexibility index (Phi) is 8.21. The summed E-state index contributed by atoms with van der Waals surface area (Å²) in [5.41, 5.74) is 0.477. The Morgan fingerprint density at radius 1 is 1.31 bits per heavy atom. The molecule has 1 fully saturated rings. The molecular weight excluding hydrogens is 396 g/mol. The maximum atomic E-state index is 12.3. The summed E-state index contributed by atoms with van der Waals surface area (Å²) in [7, 11) is -1.04. The van der Waals surface area contributed by atoms with Crippen molar-refractivity contribution in [1.82, 2.24) is 9.62 Å². The van der Waals surface area contributed by atoms with Crippen LogP contribution in [-0.2, 0) is 24.3 Å². The fraction of sp³-hybridized carbons (Fsp3) is 0.500. The number of methoxy groups -OCH3 is 1. The van der Waals surface area contributed by atoms with Crippen molar-refractivity contribution in [3.8, 4) is 5.75 Å². The Hall–Kier alpha value is -2.39. The van der Waals surface area contributed by atoms with Crippen molar-refractivity contribution in [3.63, 3.8) is 0 Å². The molecule has 1 aromatic carbocycles. The highest BCUT2D eigenvalue weighted by Gasteiger charge is 2.25. The number of piperidine rings is 1. The van der Waals surface area contributed by atoms with Crippen molar-refractivity contribution in [2.45, 2.75) is 43.5 Å². The van der Waals surface area contributed by atoms with E-state index in [-0.39, 0.29) is 29.2 Å². The summed E-state index contributed by atoms with van der Waals surface area (Å²) in [5, 5.41) is 0. The van der Waals surface area contributed by atoms with Crippen molar-refractivity contribution < 1.29 is 27.5 Å². The van der Waals surface area contributed by atoms with E-state index in [9.17, 15) is 18.0 Å². The average molecular weight is 425 g/mol. The molecule has 1 saturated heterocycles. The highest BCUT2D eigenvalue weighted by Crippen LogP contribution is 2.25. The minimum absolute atomic E-state index is 0.0381. The number of sulfonamides is 1. The number of ether oxygens (including phenoxy) is 2. The molecule has 160 valence electrons. The second kappa shape index (κ2) is 10.4. The van der Waals surface area contributed by atoms with Gasteiger partial charge in [-0.15, -0.1) is 0 Å².